The van der Waals surface area contributed by atoms with E-state index >= 15 is 0 Å². The normalized spacial score (nSPS) is 10.4. The highest BCUT2D eigenvalue weighted by molar-refractivity contribution is 5.14. The minimum atomic E-state index is 0.265. The van der Waals surface area contributed by atoms with E-state index in [4.69, 9.17) is 0 Å². The molecule has 0 unspecified atom stereocenters. The second-order valence-electron chi connectivity index (χ2n) is 4.64. The summed E-state index contributed by atoms with van der Waals surface area (Å²) in [6, 6.07) is 18.1. The molecule has 0 bridgehead atoms. The number of hydrogen-bond donors (Lipinski definition) is 0. The zero-order valence-corrected chi connectivity index (χ0v) is 11.6. The first kappa shape index (κ1) is 14.4. The molecule has 0 saturated heterocycles. The summed E-state index contributed by atoms with van der Waals surface area (Å²) >= 11 is 0. The van der Waals surface area contributed by atoms with Gasteiger partial charge in [0.15, 0.2) is 0 Å². The summed E-state index contributed by atoms with van der Waals surface area (Å²) in [7, 11) is 0. The zero-order chi connectivity index (χ0) is 13.3. The van der Waals surface area contributed by atoms with Gasteiger partial charge in [0.25, 0.3) is 0 Å². The Morgan fingerprint density at radius 3 is 1.67 bits per heavy atom. The summed E-state index contributed by atoms with van der Waals surface area (Å²) in [6.45, 7) is 6.71. The van der Waals surface area contributed by atoms with Crippen LogP contribution in [0, 0.1) is 0 Å². The van der Waals surface area contributed by atoms with Crippen molar-refractivity contribution in [2.45, 2.75) is 39.0 Å². The van der Waals surface area contributed by atoms with Gasteiger partial charge in [0.2, 0.25) is 0 Å². The van der Waals surface area contributed by atoms with E-state index < -0.39 is 0 Å². The maximum atomic E-state index is 4.39. The van der Waals surface area contributed by atoms with Crippen molar-refractivity contribution in [3.05, 3.63) is 66.5 Å². The fourth-order valence-corrected chi connectivity index (χ4v) is 1.72. The molecule has 0 aliphatic heterocycles. The van der Waals surface area contributed by atoms with E-state index in [9.17, 15) is 0 Å². The fraction of sp³-hybridized carbons (Fsp3) is 0.353. The average Bonchev–Trinajstić information content (AvgIpc) is 2.50. The lowest BCUT2D eigenvalue weighted by molar-refractivity contribution is 0.426. The zero-order valence-electron chi connectivity index (χ0n) is 11.6. The minimum Gasteiger partial charge on any atom is -0.261 e. The summed E-state index contributed by atoms with van der Waals surface area (Å²) in [5.41, 5.74) is 1.48. The van der Waals surface area contributed by atoms with Crippen LogP contribution in [0.5, 0.6) is 0 Å². The third kappa shape index (κ3) is 4.33. The Morgan fingerprint density at radius 1 is 0.833 bits per heavy atom. The lowest BCUT2D eigenvalue weighted by atomic mass is 9.81. The molecular weight excluding hydrogens is 218 g/mol. The number of hydrogen-bond acceptors (Lipinski definition) is 1. The van der Waals surface area contributed by atoms with Gasteiger partial charge < -0.3 is 0 Å². The molecular formula is C17H23N. The third-order valence-corrected chi connectivity index (χ3v) is 3.51. The second kappa shape index (κ2) is 7.65. The Balaban J connectivity index is 0.000000225. The lowest BCUT2D eigenvalue weighted by Gasteiger charge is -2.25. The molecule has 1 heterocycles. The van der Waals surface area contributed by atoms with Gasteiger partial charge in [-0.05, 0) is 25.0 Å². The molecule has 0 saturated carbocycles. The molecule has 0 spiro atoms. The number of nitrogens with zero attached hydrogens (tertiary/aromatic N) is 1. The van der Waals surface area contributed by atoms with Crippen LogP contribution in [-0.2, 0) is 5.41 Å². The van der Waals surface area contributed by atoms with E-state index in [2.05, 4.69) is 37.9 Å². The van der Waals surface area contributed by atoms with Crippen LogP contribution in [0.3, 0.4) is 0 Å². The lowest BCUT2D eigenvalue weighted by Crippen LogP contribution is -2.20. The van der Waals surface area contributed by atoms with E-state index in [1.165, 1.54) is 5.69 Å². The van der Waals surface area contributed by atoms with Crippen LogP contribution in [0.25, 0.3) is 0 Å². The van der Waals surface area contributed by atoms with Crippen molar-refractivity contribution in [1.29, 1.82) is 0 Å². The summed E-state index contributed by atoms with van der Waals surface area (Å²) in [6.07, 6.45) is 4.18. The molecule has 1 nitrogen and oxygen atoms in total. The van der Waals surface area contributed by atoms with Crippen LogP contribution in [0.1, 0.15) is 39.3 Å². The van der Waals surface area contributed by atoms with Crippen LogP contribution < -0.4 is 0 Å². The predicted octanol–water partition coefficient (Wildman–Crippen LogP) is 4.85. The largest absolute Gasteiger partial charge is 0.261 e. The Hall–Kier alpha value is -1.63. The van der Waals surface area contributed by atoms with E-state index in [1.807, 2.05) is 48.7 Å². The molecule has 0 atom stereocenters. The van der Waals surface area contributed by atoms with Gasteiger partial charge in [-0.1, -0.05) is 63.2 Å². The van der Waals surface area contributed by atoms with Gasteiger partial charge in [0.1, 0.15) is 0 Å². The van der Waals surface area contributed by atoms with Gasteiger partial charge in [0.05, 0.1) is 0 Å². The molecule has 1 aromatic carbocycles. The molecule has 96 valence electrons. The molecule has 0 aliphatic carbocycles. The van der Waals surface area contributed by atoms with Crippen LogP contribution in [0.2, 0.25) is 0 Å². The van der Waals surface area contributed by atoms with Gasteiger partial charge in [0, 0.05) is 17.3 Å². The molecule has 1 aromatic heterocycles. The van der Waals surface area contributed by atoms with Gasteiger partial charge in [-0.3, -0.25) is 4.98 Å². The highest BCUT2D eigenvalue weighted by Gasteiger charge is 2.22. The molecule has 0 fully saturated rings. The van der Waals surface area contributed by atoms with Crippen LogP contribution >= 0.6 is 0 Å². The Kier molecular flexibility index (Phi) is 6.13. The highest BCUT2D eigenvalue weighted by Crippen LogP contribution is 2.28. The first-order valence-corrected chi connectivity index (χ1v) is 6.64. The third-order valence-electron chi connectivity index (χ3n) is 3.51. The maximum absolute atomic E-state index is 4.39. The smallest absolute Gasteiger partial charge is 0.0462 e. The summed E-state index contributed by atoms with van der Waals surface area (Å²) < 4.78 is 0. The number of pyridine rings is 1. The van der Waals surface area contributed by atoms with Gasteiger partial charge in [-0.2, -0.15) is 0 Å². The fourth-order valence-electron chi connectivity index (χ4n) is 1.72. The Morgan fingerprint density at radius 2 is 1.33 bits per heavy atom. The number of benzene rings is 1. The van der Waals surface area contributed by atoms with Gasteiger partial charge in [-0.15, -0.1) is 0 Å². The first-order valence-electron chi connectivity index (χ1n) is 6.64. The van der Waals surface area contributed by atoms with Crippen molar-refractivity contribution in [3.63, 3.8) is 0 Å². The van der Waals surface area contributed by atoms with Crippen LogP contribution in [0.15, 0.2) is 60.8 Å². The summed E-state index contributed by atoms with van der Waals surface area (Å²) in [4.78, 5) is 4.39. The SMILES string of the molecule is CCC(C)(CC)c1ccccn1.c1ccccc1. The molecule has 1 heteroatoms. The van der Waals surface area contributed by atoms with E-state index in [1.54, 1.807) is 0 Å². The topological polar surface area (TPSA) is 12.9 Å². The molecule has 0 N–H and O–H groups in total. The van der Waals surface area contributed by atoms with Gasteiger partial charge in [-0.25, -0.2) is 0 Å². The maximum Gasteiger partial charge on any atom is 0.0462 e. The monoisotopic (exact) mass is 241 g/mol. The minimum absolute atomic E-state index is 0.265. The molecule has 0 aliphatic rings. The van der Waals surface area contributed by atoms with E-state index in [-0.39, 0.29) is 5.41 Å². The van der Waals surface area contributed by atoms with Crippen molar-refractivity contribution in [3.8, 4) is 0 Å². The average molecular weight is 241 g/mol. The van der Waals surface area contributed by atoms with E-state index in [0.29, 0.717) is 0 Å². The number of aromatic nitrogens is 1. The molecule has 2 aromatic rings. The van der Waals surface area contributed by atoms with Crippen molar-refractivity contribution in [1.82, 2.24) is 4.98 Å². The quantitative estimate of drug-likeness (QED) is 0.749. The molecule has 18 heavy (non-hydrogen) atoms. The van der Waals surface area contributed by atoms with Crippen LogP contribution in [-0.4, -0.2) is 4.98 Å². The van der Waals surface area contributed by atoms with Crippen molar-refractivity contribution < 1.29 is 0 Å². The number of rotatable bonds is 3. The predicted molar refractivity (Wildman–Crippen MR) is 78.6 cm³/mol. The summed E-state index contributed by atoms with van der Waals surface area (Å²) in [5.74, 6) is 0. The summed E-state index contributed by atoms with van der Waals surface area (Å²) in [5, 5.41) is 0. The molecule has 0 radical (unpaired) electrons. The van der Waals surface area contributed by atoms with Crippen molar-refractivity contribution >= 4 is 0 Å². The highest BCUT2D eigenvalue weighted by atomic mass is 14.7. The second-order valence-corrected chi connectivity index (χ2v) is 4.64. The van der Waals surface area contributed by atoms with Crippen LogP contribution in [0.4, 0.5) is 0 Å². The Labute approximate surface area is 111 Å². The van der Waals surface area contributed by atoms with Crippen molar-refractivity contribution in [2.75, 3.05) is 0 Å². The van der Waals surface area contributed by atoms with Crippen molar-refractivity contribution in [2.24, 2.45) is 0 Å². The molecule has 0 amide bonds. The molecule has 2 rings (SSSR count). The van der Waals surface area contributed by atoms with E-state index in [0.717, 1.165) is 12.8 Å². The first-order chi connectivity index (χ1) is 8.73. The Bertz CT molecular complexity index is 377. The standard InChI is InChI=1S/C11H17N.C6H6/c1-4-11(3,5-2)10-8-6-7-9-12-10;1-2-4-6-5-3-1/h6-9H,4-5H2,1-3H3;1-6H. The van der Waals surface area contributed by atoms with Gasteiger partial charge >= 0.3 is 0 Å².